The Morgan fingerprint density at radius 1 is 1.04 bits per heavy atom. The highest BCUT2D eigenvalue weighted by Gasteiger charge is 2.26. The molecule has 2 aromatic rings. The molecule has 0 radical (unpaired) electrons. The molecule has 3 rings (SSSR count). The van der Waals surface area contributed by atoms with Crippen molar-refractivity contribution in [1.29, 1.82) is 0 Å². The number of sulfonamides is 1. The van der Waals surface area contributed by atoms with E-state index in [1.165, 1.54) is 28.6 Å². The van der Waals surface area contributed by atoms with E-state index in [1.54, 1.807) is 18.2 Å². The van der Waals surface area contributed by atoms with E-state index in [4.69, 9.17) is 27.9 Å². The van der Waals surface area contributed by atoms with E-state index in [1.807, 2.05) is 0 Å². The smallest absolute Gasteiger partial charge is 0.262 e. The molecular weight excluding hydrogens is 411 g/mol. The van der Waals surface area contributed by atoms with Gasteiger partial charge in [0, 0.05) is 18.8 Å². The molecule has 0 saturated carbocycles. The summed E-state index contributed by atoms with van der Waals surface area (Å²) in [6.07, 6.45) is 1.77. The maximum Gasteiger partial charge on any atom is 0.262 e. The fourth-order valence-electron chi connectivity index (χ4n) is 2.71. The summed E-state index contributed by atoms with van der Waals surface area (Å²) in [6.45, 7) is 0.878. The summed E-state index contributed by atoms with van der Waals surface area (Å²) >= 11 is 11.7. The first-order valence-corrected chi connectivity index (χ1v) is 10.5. The second-order valence-electron chi connectivity index (χ2n) is 6.05. The molecule has 1 aliphatic rings. The van der Waals surface area contributed by atoms with E-state index < -0.39 is 10.0 Å². The lowest BCUT2D eigenvalue weighted by molar-refractivity contribution is -0.118. The molecule has 1 aliphatic heterocycles. The first-order valence-electron chi connectivity index (χ1n) is 8.34. The number of amides is 1. The number of hydrogen-bond acceptors (Lipinski definition) is 4. The van der Waals surface area contributed by atoms with Gasteiger partial charge in [-0.2, -0.15) is 4.31 Å². The maximum atomic E-state index is 12.5. The number of ether oxygens (including phenoxy) is 1. The van der Waals surface area contributed by atoms with Crippen LogP contribution in [0.1, 0.15) is 12.8 Å². The van der Waals surface area contributed by atoms with Gasteiger partial charge < -0.3 is 10.1 Å². The summed E-state index contributed by atoms with van der Waals surface area (Å²) in [5.74, 6) is 0.0295. The topological polar surface area (TPSA) is 75.7 Å². The van der Waals surface area contributed by atoms with Crippen molar-refractivity contribution in [2.24, 2.45) is 0 Å². The minimum Gasteiger partial charge on any atom is -0.484 e. The molecule has 0 aliphatic carbocycles. The van der Waals surface area contributed by atoms with E-state index >= 15 is 0 Å². The summed E-state index contributed by atoms with van der Waals surface area (Å²) in [7, 11) is -3.46. The van der Waals surface area contributed by atoms with Crippen LogP contribution in [0.5, 0.6) is 5.75 Å². The van der Waals surface area contributed by atoms with Crippen LogP contribution in [0.3, 0.4) is 0 Å². The number of benzene rings is 2. The first kappa shape index (κ1) is 19.9. The van der Waals surface area contributed by atoms with Gasteiger partial charge in [0.25, 0.3) is 5.91 Å². The minimum atomic E-state index is -3.46. The van der Waals surface area contributed by atoms with Crippen LogP contribution in [-0.4, -0.2) is 38.3 Å². The Balaban J connectivity index is 1.56. The highest BCUT2D eigenvalue weighted by atomic mass is 35.5. The summed E-state index contributed by atoms with van der Waals surface area (Å²) in [6, 6.07) is 10.8. The van der Waals surface area contributed by atoms with Crippen molar-refractivity contribution in [1.82, 2.24) is 4.31 Å². The fraction of sp³-hybridized carbons (Fsp3) is 0.278. The maximum absolute atomic E-state index is 12.5. The third-order valence-corrected chi connectivity index (χ3v) is 6.75. The van der Waals surface area contributed by atoms with Gasteiger partial charge in [-0.1, -0.05) is 23.2 Å². The SMILES string of the molecule is O=C(COc1ccc(S(=O)(=O)N2CCCC2)cc1)Nc1ccc(Cl)c(Cl)c1. The number of halogens is 2. The summed E-state index contributed by atoms with van der Waals surface area (Å²) in [4.78, 5) is 12.2. The lowest BCUT2D eigenvalue weighted by atomic mass is 10.3. The number of nitrogens with one attached hydrogen (secondary N) is 1. The fourth-order valence-corrected chi connectivity index (χ4v) is 4.52. The number of nitrogens with zero attached hydrogens (tertiary/aromatic N) is 1. The van der Waals surface area contributed by atoms with Gasteiger partial charge >= 0.3 is 0 Å². The van der Waals surface area contributed by atoms with Gasteiger partial charge in [0.2, 0.25) is 10.0 Å². The van der Waals surface area contributed by atoms with Gasteiger partial charge in [0.1, 0.15) is 5.75 Å². The van der Waals surface area contributed by atoms with Gasteiger partial charge in [-0.05, 0) is 55.3 Å². The second kappa shape index (κ2) is 8.48. The lowest BCUT2D eigenvalue weighted by Gasteiger charge is -2.15. The Kier molecular flexibility index (Phi) is 6.26. The van der Waals surface area contributed by atoms with Crippen LogP contribution in [0.25, 0.3) is 0 Å². The van der Waals surface area contributed by atoms with Crippen molar-refractivity contribution in [2.75, 3.05) is 25.0 Å². The summed E-state index contributed by atoms with van der Waals surface area (Å²) in [5, 5.41) is 3.38. The summed E-state index contributed by atoms with van der Waals surface area (Å²) < 4.78 is 31.8. The number of rotatable bonds is 6. The molecule has 1 saturated heterocycles. The number of carbonyl (C=O) groups excluding carboxylic acids is 1. The molecule has 144 valence electrons. The predicted molar refractivity (Wildman–Crippen MR) is 105 cm³/mol. The molecule has 0 spiro atoms. The lowest BCUT2D eigenvalue weighted by Crippen LogP contribution is -2.27. The normalized spacial score (nSPS) is 14.9. The van der Waals surface area contributed by atoms with Crippen molar-refractivity contribution in [3.63, 3.8) is 0 Å². The molecule has 27 heavy (non-hydrogen) atoms. The van der Waals surface area contributed by atoms with E-state index in [9.17, 15) is 13.2 Å². The molecule has 9 heteroatoms. The third kappa shape index (κ3) is 4.93. The standard InChI is InChI=1S/C18H18Cl2N2O4S/c19-16-8-3-13(11-17(16)20)21-18(23)12-26-14-4-6-15(7-5-14)27(24,25)22-9-1-2-10-22/h3-8,11H,1-2,9-10,12H2,(H,21,23). The van der Waals surface area contributed by atoms with E-state index in [0.29, 0.717) is 34.6 Å². The van der Waals surface area contributed by atoms with Gasteiger partial charge in [-0.25, -0.2) is 8.42 Å². The number of carbonyl (C=O) groups is 1. The Morgan fingerprint density at radius 2 is 1.70 bits per heavy atom. The molecule has 1 fully saturated rings. The Hall–Kier alpha value is -1.80. The third-order valence-electron chi connectivity index (χ3n) is 4.10. The summed E-state index contributed by atoms with van der Waals surface area (Å²) in [5.41, 5.74) is 0.505. The minimum absolute atomic E-state index is 0.219. The Bertz CT molecular complexity index is 927. The average Bonchev–Trinajstić information content (AvgIpc) is 3.19. The van der Waals surface area contributed by atoms with Gasteiger partial charge in [0.05, 0.1) is 14.9 Å². The van der Waals surface area contributed by atoms with Crippen LogP contribution in [0.2, 0.25) is 10.0 Å². The highest BCUT2D eigenvalue weighted by molar-refractivity contribution is 7.89. The van der Waals surface area contributed by atoms with Crippen LogP contribution in [0, 0.1) is 0 Å². The zero-order chi connectivity index (χ0) is 19.4. The Labute approximate surface area is 168 Å². The molecule has 6 nitrogen and oxygen atoms in total. The van der Waals surface area contributed by atoms with Crippen LogP contribution in [0.4, 0.5) is 5.69 Å². The zero-order valence-corrected chi connectivity index (χ0v) is 16.6. The Morgan fingerprint density at radius 3 is 2.33 bits per heavy atom. The molecule has 1 heterocycles. The highest BCUT2D eigenvalue weighted by Crippen LogP contribution is 2.25. The first-order chi connectivity index (χ1) is 12.9. The van der Waals surface area contributed by atoms with Gasteiger partial charge in [0.15, 0.2) is 6.61 Å². The van der Waals surface area contributed by atoms with Gasteiger partial charge in [-0.3, -0.25) is 4.79 Å². The molecule has 2 aromatic carbocycles. The molecular formula is C18H18Cl2N2O4S. The molecule has 0 unspecified atom stereocenters. The quantitative estimate of drug-likeness (QED) is 0.758. The molecule has 0 aromatic heterocycles. The monoisotopic (exact) mass is 428 g/mol. The van der Waals surface area contributed by atoms with Crippen molar-refractivity contribution in [3.05, 3.63) is 52.5 Å². The molecule has 1 amide bonds. The second-order valence-corrected chi connectivity index (χ2v) is 8.80. The van der Waals surface area contributed by atoms with Crippen molar-refractivity contribution in [3.8, 4) is 5.75 Å². The molecule has 0 atom stereocenters. The zero-order valence-electron chi connectivity index (χ0n) is 14.3. The van der Waals surface area contributed by atoms with E-state index in [-0.39, 0.29) is 17.4 Å². The van der Waals surface area contributed by atoms with Crippen molar-refractivity contribution in [2.45, 2.75) is 17.7 Å². The molecule has 1 N–H and O–H groups in total. The number of hydrogen-bond donors (Lipinski definition) is 1. The van der Waals surface area contributed by atoms with E-state index in [0.717, 1.165) is 12.8 Å². The van der Waals surface area contributed by atoms with Crippen molar-refractivity contribution < 1.29 is 17.9 Å². The predicted octanol–water partition coefficient (Wildman–Crippen LogP) is 3.80. The average molecular weight is 429 g/mol. The van der Waals surface area contributed by atoms with Crippen LogP contribution < -0.4 is 10.1 Å². The van der Waals surface area contributed by atoms with Crippen molar-refractivity contribution >= 4 is 44.8 Å². The molecule has 0 bridgehead atoms. The van der Waals surface area contributed by atoms with E-state index in [2.05, 4.69) is 5.32 Å². The van der Waals surface area contributed by atoms with Crippen LogP contribution >= 0.6 is 23.2 Å². The van der Waals surface area contributed by atoms with Crippen LogP contribution in [-0.2, 0) is 14.8 Å². The largest absolute Gasteiger partial charge is 0.484 e. The number of anilines is 1. The van der Waals surface area contributed by atoms with Crippen LogP contribution in [0.15, 0.2) is 47.4 Å². The van der Waals surface area contributed by atoms with Gasteiger partial charge in [-0.15, -0.1) is 0 Å².